The molecule has 0 aromatic carbocycles. The van der Waals surface area contributed by atoms with E-state index in [1.807, 2.05) is 6.07 Å². The molecule has 1 aromatic heterocycles. The van der Waals surface area contributed by atoms with E-state index in [9.17, 15) is 13.2 Å². The minimum atomic E-state index is -4.74. The molecule has 0 spiro atoms. The van der Waals surface area contributed by atoms with E-state index in [4.69, 9.17) is 5.26 Å². The standard InChI is InChI=1S/C9H7F3N2O/c1-6-7(2-3-13)4-8(5-14-6)15-9(10,11)12/h4-5H,2H2,1H3. The van der Waals surface area contributed by atoms with Crippen molar-refractivity contribution >= 4 is 0 Å². The van der Waals surface area contributed by atoms with Crippen LogP contribution in [0.4, 0.5) is 13.2 Å². The minimum Gasteiger partial charge on any atom is -0.404 e. The fraction of sp³-hybridized carbons (Fsp3) is 0.333. The number of rotatable bonds is 2. The van der Waals surface area contributed by atoms with Gasteiger partial charge in [0.05, 0.1) is 18.7 Å². The van der Waals surface area contributed by atoms with Gasteiger partial charge in [-0.05, 0) is 18.6 Å². The number of nitriles is 1. The Kier molecular flexibility index (Phi) is 3.14. The Hall–Kier alpha value is -1.77. The van der Waals surface area contributed by atoms with E-state index in [0.717, 1.165) is 6.20 Å². The molecule has 0 aliphatic rings. The molecule has 0 N–H and O–H groups in total. The van der Waals surface area contributed by atoms with Gasteiger partial charge in [-0.1, -0.05) is 0 Å². The van der Waals surface area contributed by atoms with Crippen LogP contribution in [-0.4, -0.2) is 11.3 Å². The van der Waals surface area contributed by atoms with E-state index in [0.29, 0.717) is 11.3 Å². The van der Waals surface area contributed by atoms with E-state index in [-0.39, 0.29) is 6.42 Å². The van der Waals surface area contributed by atoms with Crippen LogP contribution in [0.3, 0.4) is 0 Å². The normalized spacial score (nSPS) is 10.9. The van der Waals surface area contributed by atoms with Crippen molar-refractivity contribution in [2.45, 2.75) is 19.7 Å². The second-order valence-corrected chi connectivity index (χ2v) is 2.80. The first-order chi connectivity index (χ1) is 6.92. The third-order valence-electron chi connectivity index (χ3n) is 1.67. The Morgan fingerprint density at radius 1 is 1.53 bits per heavy atom. The van der Waals surface area contributed by atoms with Gasteiger partial charge in [0.15, 0.2) is 0 Å². The molecular weight excluding hydrogens is 209 g/mol. The number of nitrogens with zero attached hydrogens (tertiary/aromatic N) is 2. The molecule has 6 heteroatoms. The molecule has 0 saturated carbocycles. The third kappa shape index (κ3) is 3.46. The Labute approximate surface area is 84.1 Å². The van der Waals surface area contributed by atoms with Crippen molar-refractivity contribution in [1.29, 1.82) is 5.26 Å². The zero-order valence-corrected chi connectivity index (χ0v) is 7.80. The van der Waals surface area contributed by atoms with E-state index < -0.39 is 12.1 Å². The maximum Gasteiger partial charge on any atom is 0.573 e. The molecule has 3 nitrogen and oxygen atoms in total. The van der Waals surface area contributed by atoms with Crippen LogP contribution >= 0.6 is 0 Å². The number of pyridine rings is 1. The Morgan fingerprint density at radius 2 is 2.20 bits per heavy atom. The summed E-state index contributed by atoms with van der Waals surface area (Å²) in [5.74, 6) is -0.404. The second kappa shape index (κ2) is 4.17. The number of aromatic nitrogens is 1. The first kappa shape index (κ1) is 11.3. The van der Waals surface area contributed by atoms with Crippen molar-refractivity contribution in [1.82, 2.24) is 4.98 Å². The number of hydrogen-bond donors (Lipinski definition) is 0. The topological polar surface area (TPSA) is 45.9 Å². The number of halogens is 3. The molecule has 1 rings (SSSR count). The Bertz CT molecular complexity index is 395. The summed E-state index contributed by atoms with van der Waals surface area (Å²) in [6.45, 7) is 1.62. The molecule has 0 aliphatic heterocycles. The predicted octanol–water partition coefficient (Wildman–Crippen LogP) is 2.35. The predicted molar refractivity (Wildman–Crippen MR) is 45.0 cm³/mol. The molecule has 1 heterocycles. The van der Waals surface area contributed by atoms with Gasteiger partial charge in [-0.3, -0.25) is 4.98 Å². The molecule has 0 bridgehead atoms. The average Bonchev–Trinajstić information content (AvgIpc) is 2.09. The van der Waals surface area contributed by atoms with E-state index >= 15 is 0 Å². The van der Waals surface area contributed by atoms with Gasteiger partial charge >= 0.3 is 6.36 Å². The Balaban J connectivity index is 2.93. The molecule has 0 radical (unpaired) electrons. The van der Waals surface area contributed by atoms with Crippen molar-refractivity contribution in [2.24, 2.45) is 0 Å². The summed E-state index contributed by atoms with van der Waals surface area (Å²) < 4.78 is 39.2. The largest absolute Gasteiger partial charge is 0.573 e. The summed E-state index contributed by atoms with van der Waals surface area (Å²) in [6.07, 6.45) is -3.75. The second-order valence-electron chi connectivity index (χ2n) is 2.80. The lowest BCUT2D eigenvalue weighted by molar-refractivity contribution is -0.274. The number of aryl methyl sites for hydroxylation is 1. The van der Waals surface area contributed by atoms with Gasteiger partial charge in [0.25, 0.3) is 0 Å². The van der Waals surface area contributed by atoms with Gasteiger partial charge in [0.1, 0.15) is 5.75 Å². The van der Waals surface area contributed by atoms with Gasteiger partial charge in [-0.25, -0.2) is 0 Å². The van der Waals surface area contributed by atoms with Crippen molar-refractivity contribution in [3.8, 4) is 11.8 Å². The highest BCUT2D eigenvalue weighted by Crippen LogP contribution is 2.23. The third-order valence-corrected chi connectivity index (χ3v) is 1.67. The monoisotopic (exact) mass is 216 g/mol. The first-order valence-electron chi connectivity index (χ1n) is 4.00. The molecule has 0 saturated heterocycles. The smallest absolute Gasteiger partial charge is 0.404 e. The lowest BCUT2D eigenvalue weighted by Gasteiger charge is -2.09. The van der Waals surface area contributed by atoms with Crippen molar-refractivity contribution in [3.63, 3.8) is 0 Å². The van der Waals surface area contributed by atoms with Crippen LogP contribution in [0.25, 0.3) is 0 Å². The lowest BCUT2D eigenvalue weighted by Crippen LogP contribution is -2.17. The zero-order valence-electron chi connectivity index (χ0n) is 7.80. The molecule has 0 fully saturated rings. The summed E-state index contributed by atoms with van der Waals surface area (Å²) >= 11 is 0. The molecule has 1 aromatic rings. The van der Waals surface area contributed by atoms with Crippen LogP contribution in [0.15, 0.2) is 12.3 Å². The van der Waals surface area contributed by atoms with Crippen LogP contribution in [0, 0.1) is 18.3 Å². The van der Waals surface area contributed by atoms with E-state index in [2.05, 4.69) is 9.72 Å². The van der Waals surface area contributed by atoms with Gasteiger partial charge in [-0.15, -0.1) is 13.2 Å². The Morgan fingerprint density at radius 3 is 2.73 bits per heavy atom. The molecule has 80 valence electrons. The van der Waals surface area contributed by atoms with Gasteiger partial charge in [0.2, 0.25) is 0 Å². The average molecular weight is 216 g/mol. The first-order valence-corrected chi connectivity index (χ1v) is 4.00. The van der Waals surface area contributed by atoms with Crippen LogP contribution in [0.5, 0.6) is 5.75 Å². The molecule has 0 aliphatic carbocycles. The van der Waals surface area contributed by atoms with Gasteiger partial charge < -0.3 is 4.74 Å². The van der Waals surface area contributed by atoms with Crippen LogP contribution in [0.1, 0.15) is 11.3 Å². The quantitative estimate of drug-likeness (QED) is 0.762. The number of hydrogen-bond acceptors (Lipinski definition) is 3. The van der Waals surface area contributed by atoms with Crippen molar-refractivity contribution < 1.29 is 17.9 Å². The fourth-order valence-corrected chi connectivity index (χ4v) is 1.01. The highest BCUT2D eigenvalue weighted by molar-refractivity contribution is 5.30. The lowest BCUT2D eigenvalue weighted by atomic mass is 10.1. The van der Waals surface area contributed by atoms with E-state index in [1.54, 1.807) is 6.92 Å². The number of alkyl halides is 3. The summed E-state index contributed by atoms with van der Waals surface area (Å²) in [4.78, 5) is 3.71. The molecule has 0 amide bonds. The highest BCUT2D eigenvalue weighted by atomic mass is 19.4. The summed E-state index contributed by atoms with van der Waals surface area (Å²) in [5, 5.41) is 8.43. The fourth-order valence-electron chi connectivity index (χ4n) is 1.01. The molecule has 0 atom stereocenters. The van der Waals surface area contributed by atoms with Gasteiger partial charge in [-0.2, -0.15) is 5.26 Å². The summed E-state index contributed by atoms with van der Waals surface area (Å²) in [6, 6.07) is 3.00. The van der Waals surface area contributed by atoms with Crippen LogP contribution in [0.2, 0.25) is 0 Å². The minimum absolute atomic E-state index is 0.00783. The van der Waals surface area contributed by atoms with Crippen molar-refractivity contribution in [3.05, 3.63) is 23.5 Å². The van der Waals surface area contributed by atoms with Gasteiger partial charge in [0, 0.05) is 5.69 Å². The zero-order chi connectivity index (χ0) is 11.5. The SMILES string of the molecule is Cc1ncc(OC(F)(F)F)cc1CC#N. The molecule has 0 unspecified atom stereocenters. The maximum atomic E-state index is 11.8. The summed E-state index contributed by atoms with van der Waals surface area (Å²) in [5.41, 5.74) is 0.949. The summed E-state index contributed by atoms with van der Waals surface area (Å²) in [7, 11) is 0. The van der Waals surface area contributed by atoms with Crippen LogP contribution in [-0.2, 0) is 6.42 Å². The van der Waals surface area contributed by atoms with Crippen LogP contribution < -0.4 is 4.74 Å². The van der Waals surface area contributed by atoms with E-state index in [1.165, 1.54) is 6.07 Å². The number of ether oxygens (including phenoxy) is 1. The van der Waals surface area contributed by atoms with Crippen molar-refractivity contribution in [2.75, 3.05) is 0 Å². The molecular formula is C9H7F3N2O. The highest BCUT2D eigenvalue weighted by Gasteiger charge is 2.31. The maximum absolute atomic E-state index is 11.8. The molecule has 15 heavy (non-hydrogen) atoms.